The van der Waals surface area contributed by atoms with Crippen molar-refractivity contribution in [3.05, 3.63) is 72.1 Å². The number of para-hydroxylation sites is 2. The third-order valence-electron chi connectivity index (χ3n) is 5.21. The molecule has 1 amide bonds. The summed E-state index contributed by atoms with van der Waals surface area (Å²) in [7, 11) is 0. The van der Waals surface area contributed by atoms with Gasteiger partial charge in [0.05, 0.1) is 17.6 Å². The Hall–Kier alpha value is -3.08. The number of aromatic nitrogens is 2. The van der Waals surface area contributed by atoms with Crippen molar-refractivity contribution in [2.75, 3.05) is 13.2 Å². The second kappa shape index (κ2) is 11.9. The number of allylic oxidation sites excluding steroid dienone is 1. The van der Waals surface area contributed by atoms with Gasteiger partial charge >= 0.3 is 0 Å². The summed E-state index contributed by atoms with van der Waals surface area (Å²) >= 11 is 0. The maximum absolute atomic E-state index is 11.5. The lowest BCUT2D eigenvalue weighted by molar-refractivity contribution is -0.116. The van der Waals surface area contributed by atoms with Gasteiger partial charge in [0.25, 0.3) is 0 Å². The first kappa shape index (κ1) is 22.6. The third kappa shape index (κ3) is 6.99. The molecule has 0 spiro atoms. The van der Waals surface area contributed by atoms with E-state index >= 15 is 0 Å². The van der Waals surface area contributed by atoms with Gasteiger partial charge in [0.2, 0.25) is 5.91 Å². The van der Waals surface area contributed by atoms with Gasteiger partial charge in [0.15, 0.2) is 0 Å². The van der Waals surface area contributed by atoms with Gasteiger partial charge in [-0.25, -0.2) is 4.98 Å². The van der Waals surface area contributed by atoms with Crippen molar-refractivity contribution < 1.29 is 9.53 Å². The molecule has 0 aliphatic rings. The first-order valence-corrected chi connectivity index (χ1v) is 11.2. The second-order valence-electron chi connectivity index (χ2n) is 7.79. The normalized spacial score (nSPS) is 11.3. The molecule has 0 radical (unpaired) electrons. The molecule has 3 aromatic rings. The molecule has 0 saturated carbocycles. The largest absolute Gasteiger partial charge is 0.494 e. The average molecular weight is 420 g/mol. The standard InChI is InChI=1S/C26H33N3O2/c1-3-11-26(30)27-17-8-4-5-16-25-28-23-14-6-7-15-24(23)29(25)18-10-19-31-22-13-9-12-21(2)20-22/h3,6-7,9,11-15,20H,4-5,8,10,16-19H2,1-2H3,(H,27,30)/b11-3+. The molecule has 31 heavy (non-hydrogen) atoms. The predicted molar refractivity (Wildman–Crippen MR) is 126 cm³/mol. The number of hydrogen-bond donors (Lipinski definition) is 1. The van der Waals surface area contributed by atoms with E-state index in [1.54, 1.807) is 12.2 Å². The molecule has 5 nitrogen and oxygen atoms in total. The highest BCUT2D eigenvalue weighted by atomic mass is 16.5. The summed E-state index contributed by atoms with van der Waals surface area (Å²) < 4.78 is 8.26. The number of ether oxygens (including phenoxy) is 1. The quantitative estimate of drug-likeness (QED) is 0.323. The molecular formula is C26H33N3O2. The molecule has 2 aromatic carbocycles. The van der Waals surface area contributed by atoms with Crippen molar-refractivity contribution in [3.63, 3.8) is 0 Å². The fourth-order valence-corrected chi connectivity index (χ4v) is 3.69. The molecule has 164 valence electrons. The van der Waals surface area contributed by atoms with Crippen LogP contribution in [-0.2, 0) is 17.8 Å². The molecule has 0 aliphatic carbocycles. The van der Waals surface area contributed by atoms with E-state index in [0.717, 1.165) is 62.3 Å². The number of carbonyl (C=O) groups is 1. The van der Waals surface area contributed by atoms with Gasteiger partial charge < -0.3 is 14.6 Å². The molecule has 1 heterocycles. The number of unbranched alkanes of at least 4 members (excludes halogenated alkanes) is 2. The zero-order valence-corrected chi connectivity index (χ0v) is 18.6. The smallest absolute Gasteiger partial charge is 0.243 e. The van der Waals surface area contributed by atoms with Gasteiger partial charge in [0, 0.05) is 19.5 Å². The Morgan fingerprint density at radius 2 is 1.97 bits per heavy atom. The minimum atomic E-state index is -0.0165. The summed E-state index contributed by atoms with van der Waals surface area (Å²) in [5.41, 5.74) is 3.45. The number of imidazole rings is 1. The summed E-state index contributed by atoms with van der Waals surface area (Å²) in [6, 6.07) is 16.5. The van der Waals surface area contributed by atoms with E-state index in [2.05, 4.69) is 47.1 Å². The Labute approximate surface area is 185 Å². The lowest BCUT2D eigenvalue weighted by atomic mass is 10.2. The molecule has 1 N–H and O–H groups in total. The Bertz CT molecular complexity index is 1010. The van der Waals surface area contributed by atoms with E-state index in [0.29, 0.717) is 6.61 Å². The van der Waals surface area contributed by atoms with Crippen LogP contribution in [0.3, 0.4) is 0 Å². The number of aryl methyl sites for hydroxylation is 3. The number of benzene rings is 2. The Morgan fingerprint density at radius 3 is 2.81 bits per heavy atom. The first-order chi connectivity index (χ1) is 15.2. The summed E-state index contributed by atoms with van der Waals surface area (Å²) in [5, 5.41) is 2.91. The van der Waals surface area contributed by atoms with Crippen LogP contribution < -0.4 is 10.1 Å². The van der Waals surface area contributed by atoms with Crippen LogP contribution in [0.1, 0.15) is 44.0 Å². The highest BCUT2D eigenvalue weighted by Gasteiger charge is 2.10. The predicted octanol–water partition coefficient (Wildman–Crippen LogP) is 5.22. The second-order valence-corrected chi connectivity index (χ2v) is 7.79. The average Bonchev–Trinajstić information content (AvgIpc) is 3.11. The number of fused-ring (bicyclic) bond motifs is 1. The summed E-state index contributed by atoms with van der Waals surface area (Å²) in [5.74, 6) is 2.05. The maximum atomic E-state index is 11.5. The minimum absolute atomic E-state index is 0.0165. The zero-order valence-electron chi connectivity index (χ0n) is 18.6. The molecule has 5 heteroatoms. The minimum Gasteiger partial charge on any atom is -0.494 e. The van der Waals surface area contributed by atoms with E-state index in [1.807, 2.05) is 25.1 Å². The van der Waals surface area contributed by atoms with Gasteiger partial charge in [-0.1, -0.05) is 36.8 Å². The molecule has 3 rings (SSSR count). The Morgan fingerprint density at radius 1 is 1.10 bits per heavy atom. The Balaban J connectivity index is 1.50. The lowest BCUT2D eigenvalue weighted by Gasteiger charge is -2.11. The highest BCUT2D eigenvalue weighted by Crippen LogP contribution is 2.19. The first-order valence-electron chi connectivity index (χ1n) is 11.2. The fraction of sp³-hybridized carbons (Fsp3) is 0.385. The number of amides is 1. The number of rotatable bonds is 12. The molecule has 0 bridgehead atoms. The van der Waals surface area contributed by atoms with Crippen LogP contribution in [0.5, 0.6) is 5.75 Å². The van der Waals surface area contributed by atoms with Gasteiger partial charge in [-0.15, -0.1) is 0 Å². The molecule has 0 saturated heterocycles. The Kier molecular flexibility index (Phi) is 8.71. The van der Waals surface area contributed by atoms with Crippen LogP contribution in [0, 0.1) is 6.92 Å². The van der Waals surface area contributed by atoms with E-state index in [9.17, 15) is 4.79 Å². The maximum Gasteiger partial charge on any atom is 0.243 e. The molecule has 0 unspecified atom stereocenters. The van der Waals surface area contributed by atoms with Gasteiger partial charge in [-0.3, -0.25) is 4.79 Å². The highest BCUT2D eigenvalue weighted by molar-refractivity contribution is 5.87. The van der Waals surface area contributed by atoms with Crippen LogP contribution in [0.2, 0.25) is 0 Å². The number of hydrogen-bond acceptors (Lipinski definition) is 3. The van der Waals surface area contributed by atoms with E-state index in [-0.39, 0.29) is 5.91 Å². The third-order valence-corrected chi connectivity index (χ3v) is 5.21. The summed E-state index contributed by atoms with van der Waals surface area (Å²) in [6.45, 7) is 6.21. The van der Waals surface area contributed by atoms with E-state index in [1.165, 1.54) is 11.1 Å². The SMILES string of the molecule is C/C=C/C(=O)NCCCCCc1nc2ccccc2n1CCCOc1cccc(C)c1. The van der Waals surface area contributed by atoms with Crippen molar-refractivity contribution in [1.29, 1.82) is 0 Å². The zero-order chi connectivity index (χ0) is 21.9. The molecular weight excluding hydrogens is 386 g/mol. The van der Waals surface area contributed by atoms with Crippen molar-refractivity contribution in [3.8, 4) is 5.75 Å². The number of nitrogens with zero attached hydrogens (tertiary/aromatic N) is 2. The van der Waals surface area contributed by atoms with Crippen LogP contribution in [0.25, 0.3) is 11.0 Å². The van der Waals surface area contributed by atoms with Crippen LogP contribution in [0.15, 0.2) is 60.7 Å². The van der Waals surface area contributed by atoms with Crippen molar-refractivity contribution in [1.82, 2.24) is 14.9 Å². The molecule has 0 aliphatic heterocycles. The molecule has 1 aromatic heterocycles. The van der Waals surface area contributed by atoms with Crippen LogP contribution in [-0.4, -0.2) is 28.6 Å². The van der Waals surface area contributed by atoms with Crippen molar-refractivity contribution in [2.45, 2.75) is 52.5 Å². The fourth-order valence-electron chi connectivity index (χ4n) is 3.69. The van der Waals surface area contributed by atoms with Gasteiger partial charge in [-0.05, 0) is 69.0 Å². The van der Waals surface area contributed by atoms with E-state index in [4.69, 9.17) is 9.72 Å². The molecule has 0 fully saturated rings. The van der Waals surface area contributed by atoms with E-state index < -0.39 is 0 Å². The molecule has 0 atom stereocenters. The number of carbonyl (C=O) groups excluding carboxylic acids is 1. The number of nitrogens with one attached hydrogen (secondary N) is 1. The van der Waals surface area contributed by atoms with Crippen LogP contribution >= 0.6 is 0 Å². The summed E-state index contributed by atoms with van der Waals surface area (Å²) in [6.07, 6.45) is 8.29. The van der Waals surface area contributed by atoms with Gasteiger partial charge in [-0.2, -0.15) is 0 Å². The topological polar surface area (TPSA) is 56.2 Å². The van der Waals surface area contributed by atoms with Crippen molar-refractivity contribution in [2.24, 2.45) is 0 Å². The van der Waals surface area contributed by atoms with Crippen molar-refractivity contribution >= 4 is 16.9 Å². The van der Waals surface area contributed by atoms with Crippen LogP contribution in [0.4, 0.5) is 0 Å². The monoisotopic (exact) mass is 419 g/mol. The van der Waals surface area contributed by atoms with Gasteiger partial charge in [0.1, 0.15) is 11.6 Å². The lowest BCUT2D eigenvalue weighted by Crippen LogP contribution is -2.21. The summed E-state index contributed by atoms with van der Waals surface area (Å²) in [4.78, 5) is 16.3.